The number of ether oxygens (including phenoxy) is 1. The molecule has 0 spiro atoms. The first-order chi connectivity index (χ1) is 17.8. The maximum absolute atomic E-state index is 13.6. The highest BCUT2D eigenvalue weighted by Gasteiger charge is 2.33. The molecule has 196 valence electrons. The Kier molecular flexibility index (Phi) is 10.5. The number of nitrogens with one attached hydrogen (secondary N) is 1. The molecule has 0 fully saturated rings. The van der Waals surface area contributed by atoms with Crippen LogP contribution in [0.2, 0.25) is 0 Å². The van der Waals surface area contributed by atoms with Crippen LogP contribution in [0.15, 0.2) is 61.1 Å². The maximum Gasteiger partial charge on any atom is 0.416 e. The smallest absolute Gasteiger partial charge is 0.382 e. The molecule has 0 amide bonds. The molecule has 0 unspecified atom stereocenters. The number of benzene rings is 2. The third-order valence-electron chi connectivity index (χ3n) is 5.79. The SMILES string of the molecule is CCOCCCNC(=S)N(CCc1cncn1Cc1ccc(C#N)cc1)Cc1ccccc1C(F)(F)F. The second-order valence-corrected chi connectivity index (χ2v) is 8.82. The zero-order valence-corrected chi connectivity index (χ0v) is 21.5. The zero-order chi connectivity index (χ0) is 26.7. The third kappa shape index (κ3) is 8.58. The first-order valence-corrected chi connectivity index (χ1v) is 12.5. The molecule has 0 aliphatic carbocycles. The molecule has 1 aromatic heterocycles. The molecule has 6 nitrogen and oxygen atoms in total. The summed E-state index contributed by atoms with van der Waals surface area (Å²) in [6, 6.07) is 15.0. The first kappa shape index (κ1) is 28.2. The number of halogens is 3. The number of thiocarbonyl (C=S) groups is 1. The molecular weight excluding hydrogens is 499 g/mol. The lowest BCUT2D eigenvalue weighted by molar-refractivity contribution is -0.138. The molecule has 0 atom stereocenters. The van der Waals surface area contributed by atoms with Crippen molar-refractivity contribution in [2.24, 2.45) is 0 Å². The molecule has 0 radical (unpaired) electrons. The van der Waals surface area contributed by atoms with Crippen molar-refractivity contribution < 1.29 is 17.9 Å². The Morgan fingerprint density at radius 3 is 2.65 bits per heavy atom. The van der Waals surface area contributed by atoms with Gasteiger partial charge in [0.25, 0.3) is 0 Å². The Labute approximate surface area is 220 Å². The molecule has 0 saturated heterocycles. The lowest BCUT2D eigenvalue weighted by atomic mass is 10.1. The van der Waals surface area contributed by atoms with Crippen LogP contribution in [0.1, 0.15) is 41.3 Å². The Morgan fingerprint density at radius 1 is 1.19 bits per heavy atom. The number of nitrogens with zero attached hydrogens (tertiary/aromatic N) is 4. The quantitative estimate of drug-likeness (QED) is 0.258. The van der Waals surface area contributed by atoms with Crippen LogP contribution in [0, 0.1) is 11.3 Å². The molecule has 0 bridgehead atoms. The van der Waals surface area contributed by atoms with Crippen molar-refractivity contribution in [2.75, 3.05) is 26.3 Å². The van der Waals surface area contributed by atoms with E-state index in [4.69, 9.17) is 22.2 Å². The number of alkyl halides is 3. The van der Waals surface area contributed by atoms with E-state index in [1.54, 1.807) is 35.6 Å². The summed E-state index contributed by atoms with van der Waals surface area (Å²) in [5.74, 6) is 0. The van der Waals surface area contributed by atoms with Crippen molar-refractivity contribution in [1.82, 2.24) is 19.8 Å². The zero-order valence-electron chi connectivity index (χ0n) is 20.7. The monoisotopic (exact) mass is 529 g/mol. The standard InChI is InChI=1S/C27H30F3N5OS/c1-2-36-15-5-13-33-26(37)34(19-23-6-3-4-7-25(23)27(28,29)30)14-12-24-17-32-20-35(24)18-22-10-8-21(16-31)9-11-22/h3-4,6-11,17,20H,2,5,12-15,18-19H2,1H3,(H,33,37). The van der Waals surface area contributed by atoms with Gasteiger partial charge in [-0.05, 0) is 54.9 Å². The number of nitriles is 1. The van der Waals surface area contributed by atoms with Crippen molar-refractivity contribution >= 4 is 17.3 Å². The van der Waals surface area contributed by atoms with E-state index in [9.17, 15) is 13.2 Å². The molecule has 0 aliphatic rings. The van der Waals surface area contributed by atoms with Gasteiger partial charge in [0, 0.05) is 57.7 Å². The number of aromatic nitrogens is 2. The van der Waals surface area contributed by atoms with E-state index in [-0.39, 0.29) is 12.1 Å². The maximum atomic E-state index is 13.6. The van der Waals surface area contributed by atoms with E-state index in [1.165, 1.54) is 12.1 Å². The van der Waals surface area contributed by atoms with Gasteiger partial charge in [-0.1, -0.05) is 30.3 Å². The molecule has 10 heteroatoms. The summed E-state index contributed by atoms with van der Waals surface area (Å²) in [7, 11) is 0. The predicted octanol–water partition coefficient (Wildman–Crippen LogP) is 5.17. The van der Waals surface area contributed by atoms with Crippen LogP contribution in [-0.4, -0.2) is 45.9 Å². The Balaban J connectivity index is 1.72. The topological polar surface area (TPSA) is 66.1 Å². The molecule has 2 aromatic carbocycles. The fourth-order valence-electron chi connectivity index (χ4n) is 3.85. The Hall–Kier alpha value is -3.42. The predicted molar refractivity (Wildman–Crippen MR) is 140 cm³/mol. The fraction of sp³-hybridized carbons (Fsp3) is 0.370. The van der Waals surface area contributed by atoms with Crippen LogP contribution in [0.4, 0.5) is 13.2 Å². The molecule has 1 heterocycles. The van der Waals surface area contributed by atoms with Gasteiger partial charge in [0.15, 0.2) is 5.11 Å². The number of hydrogen-bond donors (Lipinski definition) is 1. The highest BCUT2D eigenvalue weighted by Crippen LogP contribution is 2.32. The van der Waals surface area contributed by atoms with Gasteiger partial charge in [-0.25, -0.2) is 4.98 Å². The Bertz CT molecular complexity index is 1190. The van der Waals surface area contributed by atoms with Gasteiger partial charge in [-0.2, -0.15) is 18.4 Å². The van der Waals surface area contributed by atoms with E-state index < -0.39 is 11.7 Å². The van der Waals surface area contributed by atoms with Gasteiger partial charge in [0.1, 0.15) is 0 Å². The molecule has 37 heavy (non-hydrogen) atoms. The van der Waals surface area contributed by atoms with E-state index in [0.29, 0.717) is 49.9 Å². The summed E-state index contributed by atoms with van der Waals surface area (Å²) in [5, 5.41) is 12.6. The summed E-state index contributed by atoms with van der Waals surface area (Å²) >= 11 is 5.59. The van der Waals surface area contributed by atoms with Gasteiger partial charge in [-0.15, -0.1) is 0 Å². The molecule has 3 rings (SSSR count). The Morgan fingerprint density at radius 2 is 1.95 bits per heavy atom. The highest BCUT2D eigenvalue weighted by atomic mass is 32.1. The lowest BCUT2D eigenvalue weighted by Crippen LogP contribution is -2.41. The average molecular weight is 530 g/mol. The first-order valence-electron chi connectivity index (χ1n) is 12.1. The van der Waals surface area contributed by atoms with Gasteiger partial charge in [0.05, 0.1) is 23.5 Å². The van der Waals surface area contributed by atoms with Crippen LogP contribution in [-0.2, 0) is 30.4 Å². The van der Waals surface area contributed by atoms with E-state index >= 15 is 0 Å². The van der Waals surface area contributed by atoms with Gasteiger partial charge in [0.2, 0.25) is 0 Å². The van der Waals surface area contributed by atoms with Crippen molar-refractivity contribution in [3.8, 4) is 6.07 Å². The van der Waals surface area contributed by atoms with Crippen molar-refractivity contribution in [2.45, 2.75) is 39.0 Å². The van der Waals surface area contributed by atoms with Crippen molar-refractivity contribution in [3.63, 3.8) is 0 Å². The second kappa shape index (κ2) is 13.8. The fourth-order valence-corrected chi connectivity index (χ4v) is 4.11. The molecule has 1 N–H and O–H groups in total. The van der Waals surface area contributed by atoms with E-state index in [0.717, 1.165) is 23.7 Å². The normalized spacial score (nSPS) is 11.2. The van der Waals surface area contributed by atoms with E-state index in [2.05, 4.69) is 16.4 Å². The molecule has 0 saturated carbocycles. The summed E-state index contributed by atoms with van der Waals surface area (Å²) in [6.07, 6.45) is 0.295. The van der Waals surface area contributed by atoms with Crippen molar-refractivity contribution in [3.05, 3.63) is 89.0 Å². The minimum atomic E-state index is -4.45. The number of rotatable bonds is 12. The minimum Gasteiger partial charge on any atom is -0.382 e. The van der Waals surface area contributed by atoms with Crippen LogP contribution >= 0.6 is 12.2 Å². The third-order valence-corrected chi connectivity index (χ3v) is 6.19. The van der Waals surface area contributed by atoms with Crippen LogP contribution in [0.5, 0.6) is 0 Å². The number of imidazole rings is 1. The molecule has 3 aromatic rings. The van der Waals surface area contributed by atoms with Gasteiger partial charge >= 0.3 is 6.18 Å². The molecule has 0 aliphatic heterocycles. The summed E-state index contributed by atoms with van der Waals surface area (Å²) in [6.45, 7) is 4.69. The molecular formula is C27H30F3N5OS. The largest absolute Gasteiger partial charge is 0.416 e. The average Bonchev–Trinajstić information content (AvgIpc) is 3.33. The van der Waals surface area contributed by atoms with Gasteiger partial charge < -0.3 is 19.5 Å². The van der Waals surface area contributed by atoms with Crippen LogP contribution in [0.3, 0.4) is 0 Å². The highest BCUT2D eigenvalue weighted by molar-refractivity contribution is 7.80. The summed E-state index contributed by atoms with van der Waals surface area (Å²) in [4.78, 5) is 6.03. The lowest BCUT2D eigenvalue weighted by Gasteiger charge is -2.27. The summed E-state index contributed by atoms with van der Waals surface area (Å²) < 4.78 is 48.2. The van der Waals surface area contributed by atoms with Crippen LogP contribution in [0.25, 0.3) is 0 Å². The van der Waals surface area contributed by atoms with Crippen molar-refractivity contribution in [1.29, 1.82) is 5.26 Å². The van der Waals surface area contributed by atoms with Crippen LogP contribution < -0.4 is 5.32 Å². The second-order valence-electron chi connectivity index (χ2n) is 8.43. The summed E-state index contributed by atoms with van der Waals surface area (Å²) in [5.41, 5.74) is 2.04. The number of hydrogen-bond acceptors (Lipinski definition) is 4. The minimum absolute atomic E-state index is 0.0245. The van der Waals surface area contributed by atoms with Gasteiger partial charge in [-0.3, -0.25) is 0 Å². The van der Waals surface area contributed by atoms with E-state index in [1.807, 2.05) is 23.6 Å².